The molecule has 1 N–H and O–H groups in total. The van der Waals surface area contributed by atoms with E-state index in [-0.39, 0.29) is 71.3 Å². The number of hydrogen-bond donors (Lipinski definition) is 1. The van der Waals surface area contributed by atoms with Gasteiger partial charge in [0.1, 0.15) is 18.2 Å². The van der Waals surface area contributed by atoms with E-state index in [1.165, 1.54) is 19.2 Å². The molecule has 10 nitrogen and oxygen atoms in total. The summed E-state index contributed by atoms with van der Waals surface area (Å²) in [5, 5.41) is 2.72. The summed E-state index contributed by atoms with van der Waals surface area (Å²) in [6.07, 6.45) is 0. The highest BCUT2D eigenvalue weighted by molar-refractivity contribution is 6.21. The van der Waals surface area contributed by atoms with Crippen molar-refractivity contribution >= 4 is 23.8 Å². The minimum atomic E-state index is -1.43. The first-order valence-corrected chi connectivity index (χ1v) is 12.7. The molecule has 2 amide bonds. The number of dihydropyridines is 1. The molecule has 0 bridgehead atoms. The molecule has 216 valence electrons. The van der Waals surface area contributed by atoms with Crippen molar-refractivity contribution in [3.8, 4) is 5.75 Å². The lowest BCUT2D eigenvalue weighted by Gasteiger charge is -2.32. The second kappa shape index (κ2) is 12.7. The van der Waals surface area contributed by atoms with Crippen molar-refractivity contribution in [1.29, 1.82) is 0 Å². The maximum Gasteiger partial charge on any atom is 0.336 e. The minimum Gasteiger partial charge on any atom is -0.497 e. The monoisotopic (exact) mass is 570 g/mol. The van der Waals surface area contributed by atoms with E-state index in [0.717, 1.165) is 18.1 Å². The van der Waals surface area contributed by atoms with Gasteiger partial charge in [0.05, 0.1) is 80.2 Å². The Labute approximate surface area is 234 Å². The summed E-state index contributed by atoms with van der Waals surface area (Å²) in [7, 11) is 2.44. The summed E-state index contributed by atoms with van der Waals surface area (Å²) in [5.41, 5.74) is -0.333. The lowest BCUT2D eigenvalue weighted by atomic mass is 9.79. The van der Waals surface area contributed by atoms with E-state index in [2.05, 4.69) is 5.32 Å². The Balaban J connectivity index is 1.68. The lowest BCUT2D eigenvalue weighted by Crippen LogP contribution is -2.37. The maximum atomic E-state index is 15.3. The van der Waals surface area contributed by atoms with Crippen LogP contribution in [0.25, 0.3) is 0 Å². The molecule has 1 unspecified atom stereocenters. The van der Waals surface area contributed by atoms with E-state index in [1.54, 1.807) is 31.2 Å². The van der Waals surface area contributed by atoms with E-state index in [0.29, 0.717) is 0 Å². The van der Waals surface area contributed by atoms with Gasteiger partial charge in [-0.3, -0.25) is 14.5 Å². The lowest BCUT2D eigenvalue weighted by molar-refractivity contribution is -0.139. The standard InChI is InChI=1S/C29H28F2N2O8/c1-4-41-29(37)25-22(15-40-12-11-33-26(34)17-7-5-6-8-18(17)27(33)35)32-21(14-30)24(28(36)39-3)23(25)19-13-16(38-2)9-10-20(19)31/h5-10,13,23,32H,4,11-12,14-15H2,1-3H3. The highest BCUT2D eigenvalue weighted by Gasteiger charge is 2.41. The Morgan fingerprint density at radius 2 is 1.63 bits per heavy atom. The van der Waals surface area contributed by atoms with Crippen molar-refractivity contribution in [3.63, 3.8) is 0 Å². The van der Waals surface area contributed by atoms with Crippen LogP contribution in [0.2, 0.25) is 0 Å². The molecule has 0 saturated heterocycles. The highest BCUT2D eigenvalue weighted by Crippen LogP contribution is 2.41. The third-order valence-electron chi connectivity index (χ3n) is 6.66. The van der Waals surface area contributed by atoms with Gasteiger partial charge in [0.15, 0.2) is 0 Å². The van der Waals surface area contributed by atoms with Gasteiger partial charge in [0.2, 0.25) is 0 Å². The SMILES string of the molecule is CCOC(=O)C1=C(COCCN2C(=O)c3ccccc3C2=O)NC(CF)=C(C(=O)OC)C1c1cc(OC)ccc1F. The van der Waals surface area contributed by atoms with Crippen molar-refractivity contribution in [3.05, 3.63) is 87.5 Å². The van der Waals surface area contributed by atoms with Crippen molar-refractivity contribution in [2.75, 3.05) is 47.3 Å². The fourth-order valence-electron chi connectivity index (χ4n) is 4.78. The summed E-state index contributed by atoms with van der Waals surface area (Å²) in [6.45, 7) is -0.238. The van der Waals surface area contributed by atoms with E-state index >= 15 is 4.39 Å². The average Bonchev–Trinajstić information content (AvgIpc) is 3.23. The number of imide groups is 1. The smallest absolute Gasteiger partial charge is 0.336 e. The maximum absolute atomic E-state index is 15.3. The zero-order valence-corrected chi connectivity index (χ0v) is 22.6. The second-order valence-electron chi connectivity index (χ2n) is 8.94. The van der Waals surface area contributed by atoms with Crippen molar-refractivity contribution in [1.82, 2.24) is 10.2 Å². The summed E-state index contributed by atoms with van der Waals surface area (Å²) in [4.78, 5) is 52.5. The molecule has 0 saturated carbocycles. The third kappa shape index (κ3) is 5.68. The van der Waals surface area contributed by atoms with Gasteiger partial charge < -0.3 is 24.3 Å². The minimum absolute atomic E-state index is 0.0123. The number of nitrogens with one attached hydrogen (secondary N) is 1. The van der Waals surface area contributed by atoms with Crippen molar-refractivity contribution < 1.29 is 46.9 Å². The number of nitrogens with zero attached hydrogens (tertiary/aromatic N) is 1. The molecule has 4 rings (SSSR count). The Hall–Kier alpha value is -4.58. The van der Waals surface area contributed by atoms with E-state index in [9.17, 15) is 23.6 Å². The Morgan fingerprint density at radius 3 is 2.22 bits per heavy atom. The van der Waals surface area contributed by atoms with Crippen LogP contribution in [0.15, 0.2) is 65.0 Å². The van der Waals surface area contributed by atoms with Gasteiger partial charge in [0, 0.05) is 5.56 Å². The van der Waals surface area contributed by atoms with E-state index in [1.807, 2.05) is 0 Å². The van der Waals surface area contributed by atoms with Crippen LogP contribution >= 0.6 is 0 Å². The van der Waals surface area contributed by atoms with E-state index in [4.69, 9.17) is 18.9 Å². The Bertz CT molecular complexity index is 1420. The predicted molar refractivity (Wildman–Crippen MR) is 140 cm³/mol. The number of hydrogen-bond acceptors (Lipinski definition) is 9. The molecule has 0 fully saturated rings. The van der Waals surface area contributed by atoms with Gasteiger partial charge >= 0.3 is 11.9 Å². The van der Waals surface area contributed by atoms with Gasteiger partial charge in [-0.05, 0) is 37.3 Å². The molecule has 12 heteroatoms. The molecular weight excluding hydrogens is 542 g/mol. The number of carbonyl (C=O) groups is 4. The van der Waals surface area contributed by atoms with Gasteiger partial charge in [-0.25, -0.2) is 18.4 Å². The number of methoxy groups -OCH3 is 2. The predicted octanol–water partition coefficient (Wildman–Crippen LogP) is 3.05. The van der Waals surface area contributed by atoms with Crippen molar-refractivity contribution in [2.24, 2.45) is 0 Å². The number of carbonyl (C=O) groups excluding carboxylic acids is 4. The fraction of sp³-hybridized carbons (Fsp3) is 0.310. The molecule has 2 aliphatic heterocycles. The van der Waals surface area contributed by atoms with Crippen LogP contribution in [0, 0.1) is 5.82 Å². The summed E-state index contributed by atoms with van der Waals surface area (Å²) < 4.78 is 50.6. The Kier molecular flexibility index (Phi) is 9.13. The van der Waals surface area contributed by atoms with Crippen LogP contribution in [0.3, 0.4) is 0 Å². The number of esters is 2. The van der Waals surface area contributed by atoms with Gasteiger partial charge in [-0.1, -0.05) is 12.1 Å². The number of benzene rings is 2. The summed E-state index contributed by atoms with van der Waals surface area (Å²) in [6, 6.07) is 10.2. The molecule has 0 spiro atoms. The molecule has 1 atom stereocenters. The second-order valence-corrected chi connectivity index (χ2v) is 8.94. The fourth-order valence-corrected chi connectivity index (χ4v) is 4.78. The molecule has 0 radical (unpaired) electrons. The van der Waals surface area contributed by atoms with Gasteiger partial charge in [-0.15, -0.1) is 0 Å². The number of amides is 2. The summed E-state index contributed by atoms with van der Waals surface area (Å²) in [5.74, 6) is -4.79. The molecule has 0 aliphatic carbocycles. The number of rotatable bonds is 11. The quantitative estimate of drug-likeness (QED) is 0.247. The zero-order chi connectivity index (χ0) is 29.7. The van der Waals surface area contributed by atoms with Gasteiger partial charge in [-0.2, -0.15) is 0 Å². The summed E-state index contributed by atoms with van der Waals surface area (Å²) >= 11 is 0. The molecule has 2 aromatic carbocycles. The first kappa shape index (κ1) is 29.4. The average molecular weight is 571 g/mol. The number of ether oxygens (including phenoxy) is 4. The number of halogens is 2. The van der Waals surface area contributed by atoms with Crippen LogP contribution < -0.4 is 10.1 Å². The first-order valence-electron chi connectivity index (χ1n) is 12.7. The van der Waals surface area contributed by atoms with Gasteiger partial charge in [0.25, 0.3) is 11.8 Å². The van der Waals surface area contributed by atoms with Crippen LogP contribution in [0.1, 0.15) is 39.1 Å². The number of fused-ring (bicyclic) bond motifs is 1. The number of alkyl halides is 1. The highest BCUT2D eigenvalue weighted by atomic mass is 19.1. The molecule has 0 aromatic heterocycles. The topological polar surface area (TPSA) is 120 Å². The van der Waals surface area contributed by atoms with Crippen molar-refractivity contribution in [2.45, 2.75) is 12.8 Å². The third-order valence-corrected chi connectivity index (χ3v) is 6.66. The molecule has 41 heavy (non-hydrogen) atoms. The Morgan fingerprint density at radius 1 is 0.976 bits per heavy atom. The molecule has 2 aliphatic rings. The van der Waals surface area contributed by atoms with E-state index < -0.39 is 42.2 Å². The van der Waals surface area contributed by atoms with Crippen LogP contribution in [-0.4, -0.2) is 75.9 Å². The normalized spacial score (nSPS) is 16.5. The number of allylic oxidation sites excluding steroid dienone is 1. The molecule has 2 aromatic rings. The molecular formula is C29H28F2N2O8. The van der Waals surface area contributed by atoms with Crippen LogP contribution in [0.4, 0.5) is 8.78 Å². The first-order chi connectivity index (χ1) is 19.8. The van der Waals surface area contributed by atoms with Crippen LogP contribution in [-0.2, 0) is 23.8 Å². The van der Waals surface area contributed by atoms with Crippen LogP contribution in [0.5, 0.6) is 5.75 Å². The largest absolute Gasteiger partial charge is 0.497 e. The zero-order valence-electron chi connectivity index (χ0n) is 22.6. The molecule has 2 heterocycles.